The van der Waals surface area contributed by atoms with Crippen molar-refractivity contribution < 1.29 is 4.79 Å². The average molecular weight is 358 g/mol. The van der Waals surface area contributed by atoms with E-state index in [1.165, 1.54) is 12.8 Å². The Balaban J connectivity index is 1.22. The topological polar surface area (TPSA) is 52.6 Å². The maximum Gasteiger partial charge on any atom is 0.225 e. The number of carbonyl (C=O) groups excluding carboxylic acids is 1. The van der Waals surface area contributed by atoms with Crippen molar-refractivity contribution in [3.05, 3.63) is 18.2 Å². The lowest BCUT2D eigenvalue weighted by Gasteiger charge is -2.62. The van der Waals surface area contributed by atoms with Crippen LogP contribution in [0.4, 0.5) is 5.69 Å². The summed E-state index contributed by atoms with van der Waals surface area (Å²) in [5, 5.41) is 0. The summed E-state index contributed by atoms with van der Waals surface area (Å²) in [4.78, 5) is 28.0. The van der Waals surface area contributed by atoms with E-state index in [1.54, 1.807) is 0 Å². The molecule has 6 nitrogen and oxygen atoms in total. The molecule has 6 heteroatoms. The fourth-order valence-electron chi connectivity index (χ4n) is 4.78. The molecule has 142 valence electrons. The molecule has 1 aromatic rings. The van der Waals surface area contributed by atoms with Crippen molar-refractivity contribution in [2.45, 2.75) is 46.1 Å². The minimum Gasteiger partial charge on any atom is -0.366 e. The predicted octanol–water partition coefficient (Wildman–Crippen LogP) is 1.81. The molecule has 1 aliphatic carbocycles. The van der Waals surface area contributed by atoms with Crippen LogP contribution in [0.15, 0.2) is 12.4 Å². The fraction of sp³-hybridized carbons (Fsp3) is 0.750. The highest BCUT2D eigenvalue weighted by atomic mass is 16.2. The van der Waals surface area contributed by atoms with E-state index in [9.17, 15) is 4.79 Å². The van der Waals surface area contributed by atoms with Crippen LogP contribution < -0.4 is 4.90 Å². The molecule has 3 heterocycles. The lowest BCUT2D eigenvalue weighted by molar-refractivity contribution is -0.160. The van der Waals surface area contributed by atoms with Crippen molar-refractivity contribution in [2.24, 2.45) is 11.3 Å². The van der Waals surface area contributed by atoms with Crippen molar-refractivity contribution in [2.75, 3.05) is 44.2 Å². The third-order valence-electron chi connectivity index (χ3n) is 6.40. The van der Waals surface area contributed by atoms with Crippen molar-refractivity contribution in [1.29, 1.82) is 0 Å². The van der Waals surface area contributed by atoms with Gasteiger partial charge in [0.2, 0.25) is 5.91 Å². The maximum absolute atomic E-state index is 12.0. The molecule has 26 heavy (non-hydrogen) atoms. The Kier molecular flexibility index (Phi) is 4.63. The Labute approximate surface area is 156 Å². The molecule has 3 fully saturated rings. The number of nitrogens with zero attached hydrogens (tertiary/aromatic N) is 5. The zero-order valence-corrected chi connectivity index (χ0v) is 16.3. The van der Waals surface area contributed by atoms with E-state index in [0.717, 1.165) is 57.2 Å². The van der Waals surface area contributed by atoms with Gasteiger partial charge in [0.25, 0.3) is 0 Å². The van der Waals surface area contributed by atoms with Crippen LogP contribution in [0.2, 0.25) is 0 Å². The first kappa shape index (κ1) is 17.7. The molecule has 0 radical (unpaired) electrons. The summed E-state index contributed by atoms with van der Waals surface area (Å²) in [5.74, 6) is 1.37. The Morgan fingerprint density at radius 1 is 1.15 bits per heavy atom. The fourth-order valence-corrected chi connectivity index (χ4v) is 4.78. The summed E-state index contributed by atoms with van der Waals surface area (Å²) in [7, 11) is 0. The largest absolute Gasteiger partial charge is 0.366 e. The normalized spacial score (nSPS) is 23.2. The summed E-state index contributed by atoms with van der Waals surface area (Å²) in [6.07, 6.45) is 7.35. The number of aromatic nitrogens is 2. The third-order valence-corrected chi connectivity index (χ3v) is 6.40. The third kappa shape index (κ3) is 3.20. The van der Waals surface area contributed by atoms with Crippen LogP contribution in [-0.4, -0.2) is 71.0 Å². The van der Waals surface area contributed by atoms with Crippen molar-refractivity contribution in [3.8, 4) is 0 Å². The molecule has 0 bridgehead atoms. The molecule has 1 amide bonds. The molecule has 3 aliphatic rings. The molecular weight excluding hydrogens is 326 g/mol. The lowest BCUT2D eigenvalue weighted by atomic mass is 9.60. The van der Waals surface area contributed by atoms with Crippen LogP contribution in [0.3, 0.4) is 0 Å². The highest BCUT2D eigenvalue weighted by molar-refractivity contribution is 5.79. The molecule has 0 aromatic carbocycles. The molecule has 2 aliphatic heterocycles. The predicted molar refractivity (Wildman–Crippen MR) is 102 cm³/mol. The number of rotatable bonds is 4. The number of amides is 1. The smallest absolute Gasteiger partial charge is 0.225 e. The molecular formula is C20H31N5O. The van der Waals surface area contributed by atoms with E-state index in [0.29, 0.717) is 17.4 Å². The van der Waals surface area contributed by atoms with E-state index in [4.69, 9.17) is 0 Å². The van der Waals surface area contributed by atoms with Gasteiger partial charge in [0, 0.05) is 63.1 Å². The molecule has 4 rings (SSSR count). The second-order valence-electron chi connectivity index (χ2n) is 8.65. The van der Waals surface area contributed by atoms with Crippen molar-refractivity contribution in [3.63, 3.8) is 0 Å². The minimum atomic E-state index is 0.131. The first-order valence-electron chi connectivity index (χ1n) is 10.1. The number of piperazine rings is 1. The summed E-state index contributed by atoms with van der Waals surface area (Å²) in [6, 6.07) is 0.715. The number of carbonyl (C=O) groups is 1. The van der Waals surface area contributed by atoms with Crippen LogP contribution in [0, 0.1) is 11.3 Å². The standard InChI is InChI=1S/C20H31N5O/c1-4-18-21-11-17(12-22-18)24-7-5-23(6-8-24)16-9-20(10-16)13-25(14-20)19(26)15(2)3/h11-12,15-16H,4-10,13-14H2,1-3H3. The Hall–Kier alpha value is -1.69. The molecule has 1 saturated carbocycles. The molecule has 0 N–H and O–H groups in total. The van der Waals surface area contributed by atoms with Gasteiger partial charge in [-0.25, -0.2) is 9.97 Å². The Morgan fingerprint density at radius 3 is 2.31 bits per heavy atom. The zero-order valence-electron chi connectivity index (χ0n) is 16.3. The Bertz CT molecular complexity index is 637. The number of likely N-dealkylation sites (tertiary alicyclic amines) is 1. The molecule has 2 saturated heterocycles. The van der Waals surface area contributed by atoms with E-state index in [1.807, 2.05) is 26.2 Å². The number of anilines is 1. The van der Waals surface area contributed by atoms with Gasteiger partial charge in [-0.15, -0.1) is 0 Å². The molecule has 0 atom stereocenters. The summed E-state index contributed by atoms with van der Waals surface area (Å²) in [5.41, 5.74) is 1.59. The SMILES string of the molecule is CCc1ncc(N2CCN(C3CC4(C3)CN(C(=O)C(C)C)C4)CC2)cn1. The first-order chi connectivity index (χ1) is 12.5. The Morgan fingerprint density at radius 2 is 1.77 bits per heavy atom. The average Bonchev–Trinajstić information content (AvgIpc) is 2.59. The van der Waals surface area contributed by atoms with Gasteiger partial charge < -0.3 is 9.80 Å². The lowest BCUT2D eigenvalue weighted by Crippen LogP contribution is -2.69. The van der Waals surface area contributed by atoms with Crippen LogP contribution in [0.5, 0.6) is 0 Å². The van der Waals surface area contributed by atoms with E-state index in [-0.39, 0.29) is 5.92 Å². The summed E-state index contributed by atoms with van der Waals surface area (Å²) < 4.78 is 0. The summed E-state index contributed by atoms with van der Waals surface area (Å²) >= 11 is 0. The van der Waals surface area contributed by atoms with Crippen LogP contribution >= 0.6 is 0 Å². The highest BCUT2D eigenvalue weighted by Crippen LogP contribution is 2.50. The quantitative estimate of drug-likeness (QED) is 0.823. The number of aryl methyl sites for hydroxylation is 1. The van der Waals surface area contributed by atoms with E-state index in [2.05, 4.69) is 31.6 Å². The van der Waals surface area contributed by atoms with Crippen LogP contribution in [0.25, 0.3) is 0 Å². The van der Waals surface area contributed by atoms with Gasteiger partial charge in [0.05, 0.1) is 18.1 Å². The van der Waals surface area contributed by atoms with Gasteiger partial charge in [0.15, 0.2) is 0 Å². The van der Waals surface area contributed by atoms with Gasteiger partial charge >= 0.3 is 0 Å². The number of hydrogen-bond acceptors (Lipinski definition) is 5. The van der Waals surface area contributed by atoms with Crippen LogP contribution in [0.1, 0.15) is 39.4 Å². The minimum absolute atomic E-state index is 0.131. The second-order valence-corrected chi connectivity index (χ2v) is 8.65. The van der Waals surface area contributed by atoms with Gasteiger partial charge in [0.1, 0.15) is 5.82 Å². The molecule has 1 spiro atoms. The maximum atomic E-state index is 12.0. The molecule has 0 unspecified atom stereocenters. The van der Waals surface area contributed by atoms with Crippen molar-refractivity contribution >= 4 is 11.6 Å². The van der Waals surface area contributed by atoms with E-state index >= 15 is 0 Å². The summed E-state index contributed by atoms with van der Waals surface area (Å²) in [6.45, 7) is 12.4. The van der Waals surface area contributed by atoms with E-state index < -0.39 is 0 Å². The van der Waals surface area contributed by atoms with Gasteiger partial charge in [-0.1, -0.05) is 20.8 Å². The molecule has 1 aromatic heterocycles. The van der Waals surface area contributed by atoms with Crippen molar-refractivity contribution in [1.82, 2.24) is 19.8 Å². The van der Waals surface area contributed by atoms with Gasteiger partial charge in [-0.2, -0.15) is 0 Å². The zero-order chi connectivity index (χ0) is 18.3. The van der Waals surface area contributed by atoms with Gasteiger partial charge in [-0.3, -0.25) is 9.69 Å². The van der Waals surface area contributed by atoms with Crippen LogP contribution in [-0.2, 0) is 11.2 Å². The monoisotopic (exact) mass is 357 g/mol. The first-order valence-corrected chi connectivity index (χ1v) is 10.1. The van der Waals surface area contributed by atoms with Gasteiger partial charge in [-0.05, 0) is 12.8 Å². The highest BCUT2D eigenvalue weighted by Gasteiger charge is 2.55. The number of hydrogen-bond donors (Lipinski definition) is 0. The second kappa shape index (κ2) is 6.80.